The second kappa shape index (κ2) is 4.37. The summed E-state index contributed by atoms with van der Waals surface area (Å²) >= 11 is 0. The summed E-state index contributed by atoms with van der Waals surface area (Å²) in [6.45, 7) is -0.501. The standard InChI is InChI=1S/C10H11FN4O4/c11-5-7(17)4(1-16)19-10(5)15-3-14-6-8(15)12-2-13-9(6)18/h2-5,7,10,16-17H,1H2,(H,12,13,18)/t4-,5+,7?,10-/m1/s1. The molecule has 0 aromatic carbocycles. The number of hydrogen-bond donors (Lipinski definition) is 3. The van der Waals surface area contributed by atoms with Gasteiger partial charge in [0, 0.05) is 0 Å². The van der Waals surface area contributed by atoms with Crippen LogP contribution < -0.4 is 5.56 Å². The van der Waals surface area contributed by atoms with E-state index >= 15 is 0 Å². The van der Waals surface area contributed by atoms with Crippen molar-refractivity contribution in [1.29, 1.82) is 0 Å². The van der Waals surface area contributed by atoms with Gasteiger partial charge in [-0.25, -0.2) is 14.4 Å². The lowest BCUT2D eigenvalue weighted by Gasteiger charge is -2.14. The molecule has 3 heterocycles. The molecule has 4 atom stereocenters. The van der Waals surface area contributed by atoms with Crippen LogP contribution in [0.25, 0.3) is 11.2 Å². The normalized spacial score (nSPS) is 31.1. The summed E-state index contributed by atoms with van der Waals surface area (Å²) in [5, 5.41) is 18.6. The van der Waals surface area contributed by atoms with Crippen molar-refractivity contribution >= 4 is 11.2 Å². The fourth-order valence-corrected chi connectivity index (χ4v) is 2.13. The van der Waals surface area contributed by atoms with Crippen molar-refractivity contribution < 1.29 is 19.3 Å². The Morgan fingerprint density at radius 1 is 1.53 bits per heavy atom. The van der Waals surface area contributed by atoms with Gasteiger partial charge in [0.2, 0.25) is 0 Å². The minimum absolute atomic E-state index is 0.0558. The van der Waals surface area contributed by atoms with Gasteiger partial charge >= 0.3 is 0 Å². The minimum Gasteiger partial charge on any atom is -0.394 e. The van der Waals surface area contributed by atoms with E-state index in [1.807, 2.05) is 0 Å². The Morgan fingerprint density at radius 2 is 2.32 bits per heavy atom. The van der Waals surface area contributed by atoms with Crippen molar-refractivity contribution in [3.63, 3.8) is 0 Å². The zero-order valence-corrected chi connectivity index (χ0v) is 9.60. The van der Waals surface area contributed by atoms with E-state index in [1.54, 1.807) is 0 Å². The second-order valence-corrected chi connectivity index (χ2v) is 4.24. The topological polar surface area (TPSA) is 113 Å². The first-order chi connectivity index (χ1) is 9.13. The quantitative estimate of drug-likeness (QED) is 0.625. The Bertz CT molecular complexity index is 656. The van der Waals surface area contributed by atoms with E-state index in [1.165, 1.54) is 17.2 Å². The van der Waals surface area contributed by atoms with Crippen molar-refractivity contribution in [3.8, 4) is 0 Å². The molecule has 9 heteroatoms. The first-order valence-electron chi connectivity index (χ1n) is 5.62. The van der Waals surface area contributed by atoms with Crippen LogP contribution in [0.2, 0.25) is 0 Å². The molecule has 0 amide bonds. The van der Waals surface area contributed by atoms with E-state index in [4.69, 9.17) is 9.84 Å². The Kier molecular flexibility index (Phi) is 2.81. The van der Waals surface area contributed by atoms with Gasteiger partial charge in [-0.15, -0.1) is 0 Å². The highest BCUT2D eigenvalue weighted by Gasteiger charge is 2.45. The summed E-state index contributed by atoms with van der Waals surface area (Å²) in [5.41, 5.74) is -0.237. The predicted molar refractivity (Wildman–Crippen MR) is 60.0 cm³/mol. The molecule has 0 spiro atoms. The maximum atomic E-state index is 14.0. The average molecular weight is 270 g/mol. The fourth-order valence-electron chi connectivity index (χ4n) is 2.13. The Balaban J connectivity index is 2.06. The van der Waals surface area contributed by atoms with Gasteiger partial charge < -0.3 is 19.9 Å². The van der Waals surface area contributed by atoms with Crippen molar-refractivity contribution in [2.24, 2.45) is 0 Å². The lowest BCUT2D eigenvalue weighted by molar-refractivity contribution is -0.0459. The number of ether oxygens (including phenoxy) is 1. The highest BCUT2D eigenvalue weighted by Crippen LogP contribution is 2.32. The Morgan fingerprint density at radius 3 is 3.00 bits per heavy atom. The average Bonchev–Trinajstić information content (AvgIpc) is 2.94. The third kappa shape index (κ3) is 1.74. The number of aliphatic hydroxyl groups is 2. The molecule has 1 saturated heterocycles. The van der Waals surface area contributed by atoms with Gasteiger partial charge in [0.25, 0.3) is 5.56 Å². The smallest absolute Gasteiger partial charge is 0.278 e. The molecule has 1 aliphatic rings. The van der Waals surface area contributed by atoms with E-state index in [9.17, 15) is 14.3 Å². The number of rotatable bonds is 2. The zero-order chi connectivity index (χ0) is 13.6. The van der Waals surface area contributed by atoms with E-state index in [0.717, 1.165) is 0 Å². The van der Waals surface area contributed by atoms with Crippen molar-refractivity contribution in [1.82, 2.24) is 19.5 Å². The van der Waals surface area contributed by atoms with Crippen LogP contribution in [-0.2, 0) is 4.74 Å². The second-order valence-electron chi connectivity index (χ2n) is 4.24. The third-order valence-electron chi connectivity index (χ3n) is 3.11. The Hall–Kier alpha value is -1.84. The third-order valence-corrected chi connectivity index (χ3v) is 3.11. The highest BCUT2D eigenvalue weighted by atomic mass is 19.1. The first kappa shape index (κ1) is 12.2. The molecule has 3 rings (SSSR count). The van der Waals surface area contributed by atoms with Crippen LogP contribution in [0, 0.1) is 0 Å². The molecule has 2 aromatic rings. The fraction of sp³-hybridized carbons (Fsp3) is 0.500. The largest absolute Gasteiger partial charge is 0.394 e. The molecule has 0 saturated carbocycles. The molecule has 1 unspecified atom stereocenters. The molecule has 3 N–H and O–H groups in total. The van der Waals surface area contributed by atoms with Gasteiger partial charge in [-0.1, -0.05) is 0 Å². The van der Waals surface area contributed by atoms with Gasteiger partial charge in [-0.05, 0) is 0 Å². The van der Waals surface area contributed by atoms with Crippen LogP contribution in [0.15, 0.2) is 17.4 Å². The molecule has 2 aromatic heterocycles. The molecular formula is C10H11FN4O4. The molecule has 1 aliphatic heterocycles. The van der Waals surface area contributed by atoms with Crippen molar-refractivity contribution in [2.45, 2.75) is 24.6 Å². The van der Waals surface area contributed by atoms with Crippen molar-refractivity contribution in [3.05, 3.63) is 23.0 Å². The van der Waals surface area contributed by atoms with E-state index in [2.05, 4.69) is 15.0 Å². The first-order valence-corrected chi connectivity index (χ1v) is 5.62. The number of nitrogens with zero attached hydrogens (tertiary/aromatic N) is 3. The number of aliphatic hydroxyl groups excluding tert-OH is 2. The number of halogens is 1. The summed E-state index contributed by atoms with van der Waals surface area (Å²) in [5.74, 6) is 0. The molecule has 0 bridgehead atoms. The Labute approximate surface area is 105 Å². The number of fused-ring (bicyclic) bond motifs is 1. The van der Waals surface area contributed by atoms with Crippen LogP contribution in [-0.4, -0.2) is 54.7 Å². The molecule has 0 aliphatic carbocycles. The monoisotopic (exact) mass is 270 g/mol. The number of aromatic amines is 1. The van der Waals surface area contributed by atoms with E-state index < -0.39 is 36.8 Å². The number of imidazole rings is 1. The lowest BCUT2D eigenvalue weighted by Crippen LogP contribution is -2.30. The van der Waals surface area contributed by atoms with Crippen molar-refractivity contribution in [2.75, 3.05) is 6.61 Å². The molecule has 1 fully saturated rings. The van der Waals surface area contributed by atoms with Crippen LogP contribution >= 0.6 is 0 Å². The SMILES string of the molecule is O=c1[nH]cnc2c1ncn2[C@@H]1O[C@H](CO)C(O)[C@@H]1F. The number of hydrogen-bond acceptors (Lipinski definition) is 6. The highest BCUT2D eigenvalue weighted by molar-refractivity contribution is 5.68. The van der Waals surface area contributed by atoms with E-state index in [0.29, 0.717) is 0 Å². The van der Waals surface area contributed by atoms with Crippen LogP contribution in [0.5, 0.6) is 0 Å². The maximum Gasteiger partial charge on any atom is 0.278 e. The summed E-state index contributed by atoms with van der Waals surface area (Å²) in [6.07, 6.45) is -2.97. The van der Waals surface area contributed by atoms with Crippen LogP contribution in [0.4, 0.5) is 4.39 Å². The number of alkyl halides is 1. The number of aromatic nitrogens is 4. The van der Waals surface area contributed by atoms with Crippen LogP contribution in [0.1, 0.15) is 6.23 Å². The number of nitrogens with one attached hydrogen (secondary N) is 1. The molecule has 102 valence electrons. The van der Waals surface area contributed by atoms with Gasteiger partial charge in [0.15, 0.2) is 23.6 Å². The van der Waals surface area contributed by atoms with Gasteiger partial charge in [0.1, 0.15) is 12.2 Å². The van der Waals surface area contributed by atoms with E-state index in [-0.39, 0.29) is 11.2 Å². The predicted octanol–water partition coefficient (Wildman–Crippen LogP) is -1.29. The molecule has 19 heavy (non-hydrogen) atoms. The summed E-state index contributed by atoms with van der Waals surface area (Å²) in [6, 6.07) is 0. The molecule has 8 nitrogen and oxygen atoms in total. The minimum atomic E-state index is -1.74. The molecular weight excluding hydrogens is 259 g/mol. The number of H-pyrrole nitrogens is 1. The lowest BCUT2D eigenvalue weighted by atomic mass is 10.1. The summed E-state index contributed by atoms with van der Waals surface area (Å²) < 4.78 is 20.4. The summed E-state index contributed by atoms with van der Waals surface area (Å²) in [7, 11) is 0. The van der Waals surface area contributed by atoms with Gasteiger partial charge in [-0.2, -0.15) is 0 Å². The van der Waals surface area contributed by atoms with Gasteiger partial charge in [0.05, 0.1) is 19.3 Å². The zero-order valence-electron chi connectivity index (χ0n) is 9.60. The summed E-state index contributed by atoms with van der Waals surface area (Å²) in [4.78, 5) is 21.6. The maximum absolute atomic E-state index is 14.0. The van der Waals surface area contributed by atoms with Crippen LogP contribution in [0.3, 0.4) is 0 Å². The molecule has 0 radical (unpaired) electrons. The van der Waals surface area contributed by atoms with Gasteiger partial charge in [-0.3, -0.25) is 9.36 Å².